The fourth-order valence-corrected chi connectivity index (χ4v) is 5.31. The van der Waals surface area contributed by atoms with Crippen molar-refractivity contribution in [1.29, 1.82) is 0 Å². The van der Waals surface area contributed by atoms with E-state index in [1.807, 2.05) is 25.7 Å². The molecule has 0 radical (unpaired) electrons. The Labute approximate surface area is 210 Å². The second kappa shape index (κ2) is 8.91. The number of piperazine rings is 1. The number of carbonyl (C=O) groups excluding carboxylic acids is 2. The molecule has 1 aromatic rings. The summed E-state index contributed by atoms with van der Waals surface area (Å²) in [6, 6.07) is -0.359. The number of rotatable bonds is 2. The lowest BCUT2D eigenvalue weighted by Crippen LogP contribution is -2.58. The number of amides is 2. The maximum atomic E-state index is 13.9. The van der Waals surface area contributed by atoms with Gasteiger partial charge in [-0.1, -0.05) is 23.2 Å². The fourth-order valence-electron chi connectivity index (χ4n) is 4.95. The molecule has 4 heterocycles. The zero-order chi connectivity index (χ0) is 25.0. The van der Waals surface area contributed by atoms with Gasteiger partial charge in [0.2, 0.25) is 0 Å². The second-order valence-electron chi connectivity index (χ2n) is 10.5. The average molecular weight is 515 g/mol. The van der Waals surface area contributed by atoms with Gasteiger partial charge in [0.1, 0.15) is 28.6 Å². The summed E-state index contributed by atoms with van der Waals surface area (Å²) in [4.78, 5) is 36.4. The van der Waals surface area contributed by atoms with Crippen molar-refractivity contribution in [2.24, 2.45) is 0 Å². The van der Waals surface area contributed by atoms with E-state index in [1.54, 1.807) is 16.9 Å². The van der Waals surface area contributed by atoms with E-state index in [1.165, 1.54) is 0 Å². The van der Waals surface area contributed by atoms with Crippen molar-refractivity contribution in [3.63, 3.8) is 0 Å². The first-order valence-corrected chi connectivity index (χ1v) is 12.2. The van der Waals surface area contributed by atoms with Crippen molar-refractivity contribution in [2.45, 2.75) is 64.3 Å². The molecule has 1 unspecified atom stereocenters. The summed E-state index contributed by atoms with van der Waals surface area (Å²) in [7, 11) is 1.68. The Morgan fingerprint density at radius 3 is 2.53 bits per heavy atom. The highest BCUT2D eigenvalue weighted by atomic mass is 35.5. The van der Waals surface area contributed by atoms with Crippen LogP contribution in [0.3, 0.4) is 0 Å². The number of ether oxygens (including phenoxy) is 3. The minimum atomic E-state index is -0.604. The number of hydrogen-bond acceptors (Lipinski definition) is 7. The van der Waals surface area contributed by atoms with Gasteiger partial charge in [0.15, 0.2) is 10.9 Å². The lowest BCUT2D eigenvalue weighted by molar-refractivity contribution is 0.000951. The summed E-state index contributed by atoms with van der Waals surface area (Å²) < 4.78 is 17.3. The molecule has 188 valence electrons. The number of fused-ring (bicyclic) bond motifs is 2. The van der Waals surface area contributed by atoms with Gasteiger partial charge in [-0.25, -0.2) is 9.78 Å². The summed E-state index contributed by atoms with van der Waals surface area (Å²) in [5.41, 5.74) is -0.727. The summed E-state index contributed by atoms with van der Waals surface area (Å²) >= 11 is 12.9. The Morgan fingerprint density at radius 1 is 1.21 bits per heavy atom. The van der Waals surface area contributed by atoms with Crippen molar-refractivity contribution >= 4 is 41.0 Å². The van der Waals surface area contributed by atoms with Gasteiger partial charge in [-0.2, -0.15) is 0 Å². The molecular formula is C23H32Cl2N4O5. The maximum Gasteiger partial charge on any atom is 0.410 e. The molecule has 3 aliphatic heterocycles. The van der Waals surface area contributed by atoms with Crippen molar-refractivity contribution in [2.75, 3.05) is 44.8 Å². The predicted molar refractivity (Wildman–Crippen MR) is 129 cm³/mol. The van der Waals surface area contributed by atoms with Gasteiger partial charge in [-0.05, 0) is 41.0 Å². The van der Waals surface area contributed by atoms with Gasteiger partial charge in [-0.3, -0.25) is 4.79 Å². The number of anilines is 1. The Morgan fingerprint density at radius 2 is 1.91 bits per heavy atom. The summed E-state index contributed by atoms with van der Waals surface area (Å²) in [6.07, 6.45) is 0.340. The van der Waals surface area contributed by atoms with E-state index in [2.05, 4.69) is 18.8 Å². The molecule has 2 atom stereocenters. The van der Waals surface area contributed by atoms with Crippen molar-refractivity contribution in [1.82, 2.24) is 14.8 Å². The van der Waals surface area contributed by atoms with Gasteiger partial charge in [0.25, 0.3) is 5.91 Å². The minimum absolute atomic E-state index is 0.0358. The Balaban J connectivity index is 1.68. The number of pyridine rings is 1. The first-order valence-electron chi connectivity index (χ1n) is 11.5. The van der Waals surface area contributed by atoms with Gasteiger partial charge in [0, 0.05) is 33.3 Å². The van der Waals surface area contributed by atoms with Crippen LogP contribution in [0.5, 0.6) is 5.75 Å². The van der Waals surface area contributed by atoms with E-state index < -0.39 is 17.2 Å². The monoisotopic (exact) mass is 514 g/mol. The zero-order valence-electron chi connectivity index (χ0n) is 20.5. The van der Waals surface area contributed by atoms with E-state index in [0.717, 1.165) is 6.42 Å². The highest BCUT2D eigenvalue weighted by Crippen LogP contribution is 2.45. The fraction of sp³-hybridized carbons (Fsp3) is 0.696. The Bertz CT molecular complexity index is 997. The number of halogens is 2. The zero-order valence-corrected chi connectivity index (χ0v) is 22.0. The molecule has 3 aliphatic rings. The van der Waals surface area contributed by atoms with E-state index in [0.29, 0.717) is 37.6 Å². The number of methoxy groups -OCH3 is 1. The number of carbonyl (C=O) groups is 2. The number of aromatic nitrogens is 1. The van der Waals surface area contributed by atoms with E-state index in [4.69, 9.17) is 37.4 Å². The summed E-state index contributed by atoms with van der Waals surface area (Å²) in [6.45, 7) is 11.4. The quantitative estimate of drug-likeness (QED) is 0.554. The van der Waals surface area contributed by atoms with Crippen LogP contribution in [0.25, 0.3) is 0 Å². The smallest absolute Gasteiger partial charge is 0.410 e. The van der Waals surface area contributed by atoms with E-state index >= 15 is 0 Å². The first kappa shape index (κ1) is 25.1. The largest absolute Gasteiger partial charge is 0.489 e. The SMILES string of the molecule is COC1CCN(c2nc(Cl)c(Cl)c3c2C(=O)N2CCN(C(=O)OC(C)(C)C)C[C@@H]2CO3)C1(C)C. The van der Waals surface area contributed by atoms with Gasteiger partial charge < -0.3 is 28.9 Å². The highest BCUT2D eigenvalue weighted by Gasteiger charge is 2.47. The lowest BCUT2D eigenvalue weighted by Gasteiger charge is -2.40. The molecule has 0 aromatic carbocycles. The summed E-state index contributed by atoms with van der Waals surface area (Å²) in [5.74, 6) is 0.435. The molecule has 0 spiro atoms. The van der Waals surface area contributed by atoms with Crippen molar-refractivity contribution in [3.8, 4) is 5.75 Å². The lowest BCUT2D eigenvalue weighted by atomic mass is 9.98. The second-order valence-corrected chi connectivity index (χ2v) is 11.2. The van der Waals surface area contributed by atoms with Gasteiger partial charge >= 0.3 is 6.09 Å². The molecule has 34 heavy (non-hydrogen) atoms. The molecule has 0 bridgehead atoms. The molecule has 4 rings (SSSR count). The topological polar surface area (TPSA) is 84.4 Å². The molecule has 2 amide bonds. The molecule has 2 fully saturated rings. The predicted octanol–water partition coefficient (Wildman–Crippen LogP) is 3.85. The van der Waals surface area contributed by atoms with Crippen LogP contribution in [0.1, 0.15) is 51.4 Å². The standard InChI is InChI=1S/C23H32Cl2N4O5/c1-22(2,3)34-21(31)27-9-10-28-13(11-27)12-33-17-15(20(28)30)19(26-18(25)16(17)24)29-8-7-14(32-6)23(29,4)5/h13-14H,7-12H2,1-6H3/t13-,14?/m1/s1. The molecule has 0 saturated carbocycles. The van der Waals surface area contributed by atoms with Crippen molar-refractivity contribution < 1.29 is 23.8 Å². The average Bonchev–Trinajstić information content (AvgIpc) is 2.97. The highest BCUT2D eigenvalue weighted by molar-refractivity contribution is 6.42. The Kier molecular flexibility index (Phi) is 6.59. The van der Waals surface area contributed by atoms with Crippen LogP contribution in [-0.4, -0.2) is 90.0 Å². The van der Waals surface area contributed by atoms with Crippen LogP contribution in [-0.2, 0) is 9.47 Å². The molecule has 0 aliphatic carbocycles. The molecule has 11 heteroatoms. The van der Waals surface area contributed by atoms with Crippen LogP contribution in [0.2, 0.25) is 10.2 Å². The number of nitrogens with zero attached hydrogens (tertiary/aromatic N) is 4. The third-order valence-electron chi connectivity index (χ3n) is 6.70. The Hall–Kier alpha value is -1.97. The molecule has 0 N–H and O–H groups in total. The van der Waals surface area contributed by atoms with Crippen LogP contribution < -0.4 is 9.64 Å². The molecule has 2 saturated heterocycles. The third kappa shape index (κ3) is 4.38. The van der Waals surface area contributed by atoms with Crippen LogP contribution in [0, 0.1) is 0 Å². The van der Waals surface area contributed by atoms with Crippen LogP contribution in [0.4, 0.5) is 10.6 Å². The third-order valence-corrected chi connectivity index (χ3v) is 7.42. The maximum absolute atomic E-state index is 13.9. The molecule has 9 nitrogen and oxygen atoms in total. The normalized spacial score (nSPS) is 24.4. The van der Waals surface area contributed by atoms with Crippen LogP contribution >= 0.6 is 23.2 Å². The van der Waals surface area contributed by atoms with Crippen molar-refractivity contribution in [3.05, 3.63) is 15.7 Å². The van der Waals surface area contributed by atoms with Gasteiger partial charge in [-0.15, -0.1) is 0 Å². The van der Waals surface area contributed by atoms with Gasteiger partial charge in [0.05, 0.1) is 17.7 Å². The number of hydrogen-bond donors (Lipinski definition) is 0. The minimum Gasteiger partial charge on any atom is -0.489 e. The molecule has 1 aromatic heterocycles. The molecular weight excluding hydrogens is 483 g/mol. The first-order chi connectivity index (χ1) is 15.8. The van der Waals surface area contributed by atoms with Crippen LogP contribution in [0.15, 0.2) is 0 Å². The van der Waals surface area contributed by atoms with E-state index in [-0.39, 0.29) is 40.6 Å². The van der Waals surface area contributed by atoms with E-state index in [9.17, 15) is 9.59 Å². The summed E-state index contributed by atoms with van der Waals surface area (Å²) in [5, 5.41) is 0.188.